The molecule has 7 heteroatoms. The van der Waals surface area contributed by atoms with Gasteiger partial charge in [0.15, 0.2) is 0 Å². The van der Waals surface area contributed by atoms with Crippen molar-refractivity contribution in [1.82, 2.24) is 5.32 Å². The highest BCUT2D eigenvalue weighted by molar-refractivity contribution is 6.31. The number of rotatable bonds is 5. The molecule has 26 heavy (non-hydrogen) atoms. The molecule has 0 saturated carbocycles. The van der Waals surface area contributed by atoms with Crippen LogP contribution < -0.4 is 16.0 Å². The number of halogens is 2. The number of nitrogens with two attached hydrogens (primary N) is 1. The molecule has 1 atom stereocenters. The zero-order valence-corrected chi connectivity index (χ0v) is 15.7. The van der Waals surface area contributed by atoms with Gasteiger partial charge >= 0.3 is 0 Å². The lowest BCUT2D eigenvalue weighted by Crippen LogP contribution is -2.37. The fourth-order valence-electron chi connectivity index (χ4n) is 2.96. The molecule has 2 aromatic carbocycles. The van der Waals surface area contributed by atoms with E-state index in [2.05, 4.69) is 5.32 Å². The van der Waals surface area contributed by atoms with Crippen molar-refractivity contribution >= 4 is 47.2 Å². The maximum Gasteiger partial charge on any atom is 0.239 e. The minimum Gasteiger partial charge on any atom is -0.399 e. The third-order valence-electron chi connectivity index (χ3n) is 4.33. The lowest BCUT2D eigenvalue weighted by atomic mass is 10.1. The predicted octanol–water partition coefficient (Wildman–Crippen LogP) is 3.06. The van der Waals surface area contributed by atoms with Gasteiger partial charge in [0.25, 0.3) is 0 Å². The van der Waals surface area contributed by atoms with Gasteiger partial charge in [-0.1, -0.05) is 29.8 Å². The van der Waals surface area contributed by atoms with E-state index < -0.39 is 5.92 Å². The number of hydrogen-bond acceptors (Lipinski definition) is 3. The van der Waals surface area contributed by atoms with Crippen molar-refractivity contribution in [2.45, 2.75) is 12.8 Å². The van der Waals surface area contributed by atoms with Crippen LogP contribution >= 0.6 is 24.0 Å². The maximum absolute atomic E-state index is 12.5. The minimum atomic E-state index is -0.634. The molecule has 3 rings (SSSR count). The van der Waals surface area contributed by atoms with Crippen molar-refractivity contribution in [2.24, 2.45) is 5.92 Å². The van der Waals surface area contributed by atoms with Crippen molar-refractivity contribution in [3.8, 4) is 0 Å². The van der Waals surface area contributed by atoms with E-state index in [1.807, 2.05) is 30.3 Å². The van der Waals surface area contributed by atoms with Crippen molar-refractivity contribution in [3.05, 3.63) is 59.1 Å². The SMILES string of the molecule is Cl.Nc1ccc(CCNC(=O)C2CCN(c3cccc(Cl)c3)C2=O)cc1. The molecule has 1 fully saturated rings. The Morgan fingerprint density at radius 3 is 2.65 bits per heavy atom. The van der Waals surface area contributed by atoms with Crippen LogP contribution in [0.25, 0.3) is 0 Å². The Hall–Kier alpha value is -2.24. The normalized spacial score (nSPS) is 16.3. The van der Waals surface area contributed by atoms with Crippen LogP contribution in [-0.2, 0) is 16.0 Å². The Morgan fingerprint density at radius 1 is 1.23 bits per heavy atom. The van der Waals surface area contributed by atoms with Gasteiger partial charge in [-0.25, -0.2) is 0 Å². The quantitative estimate of drug-likeness (QED) is 0.605. The second kappa shape index (κ2) is 8.92. The summed E-state index contributed by atoms with van der Waals surface area (Å²) in [5.41, 5.74) is 8.19. The molecular weight excluding hydrogens is 373 g/mol. The lowest BCUT2D eigenvalue weighted by molar-refractivity contribution is -0.132. The molecule has 0 bridgehead atoms. The van der Waals surface area contributed by atoms with E-state index in [0.29, 0.717) is 36.6 Å². The van der Waals surface area contributed by atoms with Crippen LogP contribution in [0.3, 0.4) is 0 Å². The van der Waals surface area contributed by atoms with Gasteiger partial charge in [-0.05, 0) is 48.7 Å². The highest BCUT2D eigenvalue weighted by Crippen LogP contribution is 2.27. The van der Waals surface area contributed by atoms with Gasteiger partial charge in [0, 0.05) is 29.5 Å². The Bertz CT molecular complexity index is 781. The maximum atomic E-state index is 12.5. The van der Waals surface area contributed by atoms with E-state index in [0.717, 1.165) is 11.3 Å². The summed E-state index contributed by atoms with van der Waals surface area (Å²) in [5.74, 6) is -1.03. The summed E-state index contributed by atoms with van der Waals surface area (Å²) < 4.78 is 0. The van der Waals surface area contributed by atoms with Gasteiger partial charge in [0.2, 0.25) is 11.8 Å². The van der Waals surface area contributed by atoms with Gasteiger partial charge in [-0.15, -0.1) is 12.4 Å². The van der Waals surface area contributed by atoms with E-state index >= 15 is 0 Å². The fourth-order valence-corrected chi connectivity index (χ4v) is 3.15. The summed E-state index contributed by atoms with van der Waals surface area (Å²) >= 11 is 5.98. The molecule has 1 heterocycles. The number of nitrogens with zero attached hydrogens (tertiary/aromatic N) is 1. The molecule has 0 aliphatic carbocycles. The Balaban J connectivity index is 0.00000243. The van der Waals surface area contributed by atoms with Gasteiger partial charge < -0.3 is 16.0 Å². The number of benzene rings is 2. The van der Waals surface area contributed by atoms with Crippen molar-refractivity contribution in [2.75, 3.05) is 23.7 Å². The first kappa shape index (κ1) is 20.1. The summed E-state index contributed by atoms with van der Waals surface area (Å²) in [6, 6.07) is 14.6. The highest BCUT2D eigenvalue weighted by Gasteiger charge is 2.37. The van der Waals surface area contributed by atoms with Crippen LogP contribution in [0, 0.1) is 5.92 Å². The zero-order valence-electron chi connectivity index (χ0n) is 14.2. The summed E-state index contributed by atoms with van der Waals surface area (Å²) in [6.07, 6.45) is 1.21. The molecule has 1 aliphatic rings. The molecule has 0 aromatic heterocycles. The third kappa shape index (κ3) is 4.68. The summed E-state index contributed by atoms with van der Waals surface area (Å²) in [5, 5.41) is 3.43. The second-order valence-corrected chi connectivity index (χ2v) is 6.53. The minimum absolute atomic E-state index is 0. The van der Waals surface area contributed by atoms with Crippen LogP contribution in [0.2, 0.25) is 5.02 Å². The Labute approximate surface area is 163 Å². The van der Waals surface area contributed by atoms with Crippen LogP contribution in [-0.4, -0.2) is 24.9 Å². The molecule has 1 unspecified atom stereocenters. The zero-order chi connectivity index (χ0) is 17.8. The number of anilines is 2. The number of nitrogens with one attached hydrogen (secondary N) is 1. The largest absolute Gasteiger partial charge is 0.399 e. The number of nitrogen functional groups attached to an aromatic ring is 1. The van der Waals surface area contributed by atoms with Crippen LogP contribution in [0.1, 0.15) is 12.0 Å². The molecule has 0 spiro atoms. The molecule has 5 nitrogen and oxygen atoms in total. The molecular formula is C19H21Cl2N3O2. The second-order valence-electron chi connectivity index (χ2n) is 6.09. The number of carbonyl (C=O) groups is 2. The molecule has 138 valence electrons. The van der Waals surface area contributed by atoms with Crippen molar-refractivity contribution < 1.29 is 9.59 Å². The van der Waals surface area contributed by atoms with Gasteiger partial charge in [0.05, 0.1) is 0 Å². The number of amides is 2. The lowest BCUT2D eigenvalue weighted by Gasteiger charge is -2.17. The van der Waals surface area contributed by atoms with Gasteiger partial charge in [0.1, 0.15) is 5.92 Å². The first-order chi connectivity index (χ1) is 12.0. The monoisotopic (exact) mass is 393 g/mol. The summed E-state index contributed by atoms with van der Waals surface area (Å²) in [4.78, 5) is 26.5. The Morgan fingerprint density at radius 2 is 1.96 bits per heavy atom. The fraction of sp³-hybridized carbons (Fsp3) is 0.263. The first-order valence-electron chi connectivity index (χ1n) is 8.23. The average Bonchev–Trinajstić information content (AvgIpc) is 2.98. The van der Waals surface area contributed by atoms with Crippen LogP contribution in [0.15, 0.2) is 48.5 Å². The summed E-state index contributed by atoms with van der Waals surface area (Å²) in [6.45, 7) is 1.01. The first-order valence-corrected chi connectivity index (χ1v) is 8.61. The van der Waals surface area contributed by atoms with E-state index in [1.54, 1.807) is 23.1 Å². The predicted molar refractivity (Wildman–Crippen MR) is 107 cm³/mol. The van der Waals surface area contributed by atoms with Gasteiger partial charge in [-0.3, -0.25) is 9.59 Å². The van der Waals surface area contributed by atoms with E-state index in [-0.39, 0.29) is 24.2 Å². The van der Waals surface area contributed by atoms with Crippen LogP contribution in [0.5, 0.6) is 0 Å². The number of hydrogen-bond donors (Lipinski definition) is 2. The van der Waals surface area contributed by atoms with E-state index in [9.17, 15) is 9.59 Å². The average molecular weight is 394 g/mol. The van der Waals surface area contributed by atoms with E-state index in [4.69, 9.17) is 17.3 Å². The smallest absolute Gasteiger partial charge is 0.239 e. The highest BCUT2D eigenvalue weighted by atomic mass is 35.5. The molecule has 2 amide bonds. The topological polar surface area (TPSA) is 75.4 Å². The molecule has 1 aliphatic heterocycles. The standard InChI is InChI=1S/C19H20ClN3O2.ClH/c20-14-2-1-3-16(12-14)23-11-9-17(19(23)25)18(24)22-10-8-13-4-6-15(21)7-5-13;/h1-7,12,17H,8-11,21H2,(H,22,24);1H. The molecule has 3 N–H and O–H groups in total. The van der Waals surface area contributed by atoms with Crippen LogP contribution in [0.4, 0.5) is 11.4 Å². The van der Waals surface area contributed by atoms with Gasteiger partial charge in [-0.2, -0.15) is 0 Å². The molecule has 0 radical (unpaired) electrons. The molecule has 2 aromatic rings. The number of carbonyl (C=O) groups excluding carboxylic acids is 2. The van der Waals surface area contributed by atoms with Crippen molar-refractivity contribution in [1.29, 1.82) is 0 Å². The third-order valence-corrected chi connectivity index (χ3v) is 4.57. The Kier molecular flexibility index (Phi) is 6.89. The molecule has 1 saturated heterocycles. The summed E-state index contributed by atoms with van der Waals surface area (Å²) in [7, 11) is 0. The van der Waals surface area contributed by atoms with E-state index in [1.165, 1.54) is 0 Å². The van der Waals surface area contributed by atoms with Crippen molar-refractivity contribution in [3.63, 3.8) is 0 Å².